The third kappa shape index (κ3) is 5.29. The summed E-state index contributed by atoms with van der Waals surface area (Å²) in [6, 6.07) is 11.9. The Morgan fingerprint density at radius 2 is 1.67 bits per heavy atom. The van der Waals surface area contributed by atoms with E-state index in [1.54, 1.807) is 57.2 Å². The third-order valence-corrected chi connectivity index (χ3v) is 6.41. The molecule has 8 heteroatoms. The fourth-order valence-corrected chi connectivity index (χ4v) is 4.36. The van der Waals surface area contributed by atoms with Crippen molar-refractivity contribution in [3.05, 3.63) is 59.2 Å². The highest BCUT2D eigenvalue weighted by Gasteiger charge is 2.24. The molecule has 0 radical (unpaired) electrons. The van der Waals surface area contributed by atoms with Crippen LogP contribution in [0.3, 0.4) is 0 Å². The molecule has 27 heavy (non-hydrogen) atoms. The summed E-state index contributed by atoms with van der Waals surface area (Å²) in [5, 5.41) is 2.76. The van der Waals surface area contributed by atoms with Gasteiger partial charge in [0, 0.05) is 30.9 Å². The minimum atomic E-state index is -3.60. The molecule has 3 N–H and O–H groups in total. The van der Waals surface area contributed by atoms with Crippen LogP contribution in [0.2, 0.25) is 0 Å². The fraction of sp³-hybridized carbons (Fsp3) is 0.316. The first-order valence-corrected chi connectivity index (χ1v) is 9.98. The maximum atomic E-state index is 12.8. The zero-order valence-electron chi connectivity index (χ0n) is 15.7. The lowest BCUT2D eigenvalue weighted by atomic mass is 10.1. The van der Waals surface area contributed by atoms with Crippen molar-refractivity contribution in [2.24, 2.45) is 5.73 Å². The number of nitrogens with zero attached hydrogens (tertiary/aromatic N) is 1. The molecule has 0 unspecified atom stereocenters. The minimum Gasteiger partial charge on any atom is -0.326 e. The molecule has 0 spiro atoms. The van der Waals surface area contributed by atoms with E-state index in [1.165, 1.54) is 10.4 Å². The maximum absolute atomic E-state index is 12.8. The summed E-state index contributed by atoms with van der Waals surface area (Å²) in [4.78, 5) is 12.6. The highest BCUT2D eigenvalue weighted by Crippen LogP contribution is 2.24. The van der Waals surface area contributed by atoms with Gasteiger partial charge < -0.3 is 11.1 Å². The number of sulfonamides is 1. The number of amides is 1. The molecule has 0 atom stereocenters. The molecule has 0 aliphatic rings. The molecule has 0 saturated carbocycles. The van der Waals surface area contributed by atoms with Crippen LogP contribution in [0.15, 0.2) is 47.4 Å². The van der Waals surface area contributed by atoms with Crippen molar-refractivity contribution in [3.63, 3.8) is 0 Å². The van der Waals surface area contributed by atoms with E-state index in [2.05, 4.69) is 5.32 Å². The Kier molecular flexibility index (Phi) is 8.43. The molecular weight excluding hydrogens is 386 g/mol. The van der Waals surface area contributed by atoms with Crippen LogP contribution in [0.25, 0.3) is 0 Å². The second kappa shape index (κ2) is 9.85. The summed E-state index contributed by atoms with van der Waals surface area (Å²) in [6.45, 7) is 6.53. The average molecular weight is 412 g/mol. The predicted octanol–water partition coefficient (Wildman–Crippen LogP) is 3.16. The van der Waals surface area contributed by atoms with Gasteiger partial charge >= 0.3 is 0 Å². The number of carbonyl (C=O) groups excluding carboxylic acids is 1. The molecular formula is C19H26ClN3O3S. The lowest BCUT2D eigenvalue weighted by molar-refractivity contribution is 0.102. The van der Waals surface area contributed by atoms with Crippen LogP contribution in [-0.2, 0) is 16.6 Å². The third-order valence-electron chi connectivity index (χ3n) is 4.22. The smallest absolute Gasteiger partial charge is 0.255 e. The SMILES string of the molecule is CCN(CC)S(=O)(=O)c1cc(NC(=O)c2ccc(CN)cc2)ccc1C.Cl. The zero-order chi connectivity index (χ0) is 19.3. The summed E-state index contributed by atoms with van der Waals surface area (Å²) < 4.78 is 27.0. The molecule has 1 amide bonds. The first kappa shape index (κ1) is 23.1. The van der Waals surface area contributed by atoms with Crippen LogP contribution in [0.4, 0.5) is 5.69 Å². The Bertz CT molecular complexity index is 880. The number of hydrogen-bond donors (Lipinski definition) is 2. The van der Waals surface area contributed by atoms with Gasteiger partial charge in [-0.3, -0.25) is 4.79 Å². The van der Waals surface area contributed by atoms with E-state index < -0.39 is 10.0 Å². The number of aryl methyl sites for hydroxylation is 1. The monoisotopic (exact) mass is 411 g/mol. The molecule has 0 fully saturated rings. The lowest BCUT2D eigenvalue weighted by Crippen LogP contribution is -2.31. The quantitative estimate of drug-likeness (QED) is 0.731. The average Bonchev–Trinajstić information content (AvgIpc) is 2.64. The van der Waals surface area contributed by atoms with Gasteiger partial charge in [-0.2, -0.15) is 4.31 Å². The topological polar surface area (TPSA) is 92.5 Å². The Morgan fingerprint density at radius 3 is 2.19 bits per heavy atom. The second-order valence-corrected chi connectivity index (χ2v) is 7.83. The van der Waals surface area contributed by atoms with E-state index in [0.717, 1.165) is 5.56 Å². The van der Waals surface area contributed by atoms with E-state index in [0.29, 0.717) is 36.4 Å². The van der Waals surface area contributed by atoms with E-state index in [1.807, 2.05) is 0 Å². The molecule has 0 aliphatic heterocycles. The molecule has 0 heterocycles. The second-order valence-electron chi connectivity index (χ2n) is 5.92. The Hall–Kier alpha value is -1.93. The van der Waals surface area contributed by atoms with E-state index in [4.69, 9.17) is 5.73 Å². The lowest BCUT2D eigenvalue weighted by Gasteiger charge is -2.20. The number of anilines is 1. The Balaban J connectivity index is 0.00000364. The highest BCUT2D eigenvalue weighted by molar-refractivity contribution is 7.89. The number of benzene rings is 2. The Morgan fingerprint density at radius 1 is 1.07 bits per heavy atom. The summed E-state index contributed by atoms with van der Waals surface area (Å²) in [5.74, 6) is -0.302. The predicted molar refractivity (Wildman–Crippen MR) is 111 cm³/mol. The van der Waals surface area contributed by atoms with Crippen LogP contribution in [-0.4, -0.2) is 31.7 Å². The van der Waals surface area contributed by atoms with Gasteiger partial charge in [0.15, 0.2) is 0 Å². The fourth-order valence-electron chi connectivity index (χ4n) is 2.65. The van der Waals surface area contributed by atoms with Crippen LogP contribution in [0, 0.1) is 6.92 Å². The van der Waals surface area contributed by atoms with Crippen molar-refractivity contribution in [2.75, 3.05) is 18.4 Å². The summed E-state index contributed by atoms with van der Waals surface area (Å²) >= 11 is 0. The number of nitrogens with two attached hydrogens (primary N) is 1. The van der Waals surface area contributed by atoms with Crippen molar-refractivity contribution >= 4 is 34.0 Å². The van der Waals surface area contributed by atoms with Gasteiger partial charge in [0.25, 0.3) is 5.91 Å². The highest BCUT2D eigenvalue weighted by atomic mass is 35.5. The molecule has 148 valence electrons. The van der Waals surface area contributed by atoms with Crippen LogP contribution in [0.1, 0.15) is 35.3 Å². The van der Waals surface area contributed by atoms with Gasteiger partial charge in [-0.15, -0.1) is 12.4 Å². The molecule has 6 nitrogen and oxygen atoms in total. The van der Waals surface area contributed by atoms with E-state index in [-0.39, 0.29) is 23.2 Å². The standard InChI is InChI=1S/C19H25N3O3S.ClH/c1-4-22(5-2)26(24,25)18-12-17(11-6-14(18)3)21-19(23)16-9-7-15(13-20)8-10-16;/h6-12H,4-5,13,20H2,1-3H3,(H,21,23);1H. The van der Waals surface area contributed by atoms with Crippen molar-refractivity contribution in [2.45, 2.75) is 32.2 Å². The first-order chi connectivity index (χ1) is 12.3. The molecule has 2 aromatic rings. The van der Waals surface area contributed by atoms with Crippen molar-refractivity contribution in [1.82, 2.24) is 4.31 Å². The number of hydrogen-bond acceptors (Lipinski definition) is 4. The molecule has 2 rings (SSSR count). The van der Waals surface area contributed by atoms with Gasteiger partial charge in [-0.25, -0.2) is 8.42 Å². The van der Waals surface area contributed by atoms with Gasteiger partial charge in [-0.1, -0.05) is 32.0 Å². The number of rotatable bonds is 7. The van der Waals surface area contributed by atoms with E-state index >= 15 is 0 Å². The molecule has 2 aromatic carbocycles. The first-order valence-electron chi connectivity index (χ1n) is 8.54. The zero-order valence-corrected chi connectivity index (χ0v) is 17.4. The number of carbonyl (C=O) groups is 1. The van der Waals surface area contributed by atoms with Crippen molar-refractivity contribution in [1.29, 1.82) is 0 Å². The van der Waals surface area contributed by atoms with Gasteiger partial charge in [0.2, 0.25) is 10.0 Å². The molecule has 0 aliphatic carbocycles. The van der Waals surface area contributed by atoms with Gasteiger partial charge in [0.1, 0.15) is 0 Å². The summed E-state index contributed by atoms with van der Waals surface area (Å²) in [6.07, 6.45) is 0. The molecule has 0 saturated heterocycles. The number of nitrogens with one attached hydrogen (secondary N) is 1. The molecule has 0 aromatic heterocycles. The van der Waals surface area contributed by atoms with Crippen LogP contribution in [0.5, 0.6) is 0 Å². The van der Waals surface area contributed by atoms with Crippen LogP contribution >= 0.6 is 12.4 Å². The van der Waals surface area contributed by atoms with E-state index in [9.17, 15) is 13.2 Å². The minimum absolute atomic E-state index is 0. The Labute approximate surface area is 167 Å². The van der Waals surface area contributed by atoms with Gasteiger partial charge in [0.05, 0.1) is 4.90 Å². The van der Waals surface area contributed by atoms with Crippen molar-refractivity contribution < 1.29 is 13.2 Å². The summed E-state index contributed by atoms with van der Waals surface area (Å²) in [5.41, 5.74) is 8.05. The number of halogens is 1. The van der Waals surface area contributed by atoms with Crippen LogP contribution < -0.4 is 11.1 Å². The van der Waals surface area contributed by atoms with Gasteiger partial charge in [-0.05, 0) is 42.3 Å². The maximum Gasteiger partial charge on any atom is 0.255 e. The molecule has 0 bridgehead atoms. The largest absolute Gasteiger partial charge is 0.326 e. The summed E-state index contributed by atoms with van der Waals surface area (Å²) in [7, 11) is -3.60. The normalized spacial score (nSPS) is 11.1. The van der Waals surface area contributed by atoms with Crippen molar-refractivity contribution in [3.8, 4) is 0 Å².